The molecule has 2 rings (SSSR count). The Hall–Kier alpha value is -1.35. The fraction of sp³-hybridized carbons (Fsp3) is 0.588. The van der Waals surface area contributed by atoms with E-state index in [2.05, 4.69) is 12.2 Å². The largest absolute Gasteiger partial charge is 0.469 e. The molecular weight excluding hydrogens is 250 g/mol. The van der Waals surface area contributed by atoms with Crippen LogP contribution in [0.15, 0.2) is 30.3 Å². The first-order valence-corrected chi connectivity index (χ1v) is 7.48. The minimum Gasteiger partial charge on any atom is -0.469 e. The summed E-state index contributed by atoms with van der Waals surface area (Å²) in [7, 11) is 1.45. The molecule has 0 bridgehead atoms. The first kappa shape index (κ1) is 15.0. The molecule has 0 saturated heterocycles. The van der Waals surface area contributed by atoms with Crippen LogP contribution >= 0.6 is 0 Å². The summed E-state index contributed by atoms with van der Waals surface area (Å²) >= 11 is 0. The Balaban J connectivity index is 1.93. The first-order valence-electron chi connectivity index (χ1n) is 7.48. The van der Waals surface area contributed by atoms with E-state index in [1.807, 2.05) is 30.3 Å². The molecule has 0 radical (unpaired) electrons. The number of ether oxygens (including phenoxy) is 1. The SMILES string of the molecule is COC(=O)C(CNCC1(C)CCCC1)c1ccccc1. The van der Waals surface area contributed by atoms with Gasteiger partial charge in [-0.2, -0.15) is 0 Å². The van der Waals surface area contributed by atoms with E-state index in [1.54, 1.807) is 0 Å². The third kappa shape index (κ3) is 3.83. The second kappa shape index (κ2) is 6.89. The third-order valence-electron chi connectivity index (χ3n) is 4.40. The maximum Gasteiger partial charge on any atom is 0.314 e. The highest BCUT2D eigenvalue weighted by molar-refractivity contribution is 5.78. The molecule has 1 aromatic carbocycles. The summed E-state index contributed by atoms with van der Waals surface area (Å²) < 4.78 is 4.94. The van der Waals surface area contributed by atoms with E-state index in [0.29, 0.717) is 12.0 Å². The van der Waals surface area contributed by atoms with Crippen LogP contribution in [-0.2, 0) is 9.53 Å². The molecule has 0 amide bonds. The molecule has 0 aliphatic heterocycles. The number of methoxy groups -OCH3 is 1. The van der Waals surface area contributed by atoms with Crippen molar-refractivity contribution in [2.24, 2.45) is 5.41 Å². The predicted molar refractivity (Wildman–Crippen MR) is 80.6 cm³/mol. The van der Waals surface area contributed by atoms with Gasteiger partial charge in [0.2, 0.25) is 0 Å². The normalized spacial score (nSPS) is 18.7. The molecule has 1 aromatic rings. The van der Waals surface area contributed by atoms with Gasteiger partial charge in [-0.1, -0.05) is 50.1 Å². The molecule has 0 aromatic heterocycles. The summed E-state index contributed by atoms with van der Waals surface area (Å²) in [6.45, 7) is 3.96. The second-order valence-corrected chi connectivity index (χ2v) is 6.14. The molecule has 110 valence electrons. The average Bonchev–Trinajstić information content (AvgIpc) is 2.91. The third-order valence-corrected chi connectivity index (χ3v) is 4.40. The molecule has 1 aliphatic rings. The van der Waals surface area contributed by atoms with Gasteiger partial charge in [-0.25, -0.2) is 0 Å². The fourth-order valence-electron chi connectivity index (χ4n) is 3.09. The van der Waals surface area contributed by atoms with E-state index in [4.69, 9.17) is 4.74 Å². The number of nitrogens with one attached hydrogen (secondary N) is 1. The standard InChI is InChI=1S/C17H25NO2/c1-17(10-6-7-11-17)13-18-12-15(16(19)20-2)14-8-4-3-5-9-14/h3-5,8-9,15,18H,6-7,10-13H2,1-2H3. The molecule has 0 heterocycles. The van der Waals surface area contributed by atoms with Crippen LogP contribution in [-0.4, -0.2) is 26.2 Å². The molecular formula is C17H25NO2. The second-order valence-electron chi connectivity index (χ2n) is 6.14. The van der Waals surface area contributed by atoms with E-state index in [0.717, 1.165) is 12.1 Å². The van der Waals surface area contributed by atoms with Crippen molar-refractivity contribution in [3.63, 3.8) is 0 Å². The number of esters is 1. The molecule has 1 unspecified atom stereocenters. The lowest BCUT2D eigenvalue weighted by Gasteiger charge is -2.25. The molecule has 1 fully saturated rings. The lowest BCUT2D eigenvalue weighted by Crippen LogP contribution is -2.34. The van der Waals surface area contributed by atoms with E-state index in [1.165, 1.54) is 32.8 Å². The van der Waals surface area contributed by atoms with Crippen LogP contribution in [0.2, 0.25) is 0 Å². The summed E-state index contributed by atoms with van der Waals surface area (Å²) in [6, 6.07) is 9.86. The van der Waals surface area contributed by atoms with E-state index in [9.17, 15) is 4.79 Å². The van der Waals surface area contributed by atoms with Crippen molar-refractivity contribution in [2.45, 2.75) is 38.5 Å². The zero-order chi connectivity index (χ0) is 14.4. The van der Waals surface area contributed by atoms with E-state index in [-0.39, 0.29) is 11.9 Å². The van der Waals surface area contributed by atoms with Crippen molar-refractivity contribution in [3.05, 3.63) is 35.9 Å². The van der Waals surface area contributed by atoms with Gasteiger partial charge in [0.25, 0.3) is 0 Å². The zero-order valence-electron chi connectivity index (χ0n) is 12.5. The Labute approximate surface area is 121 Å². The summed E-state index contributed by atoms with van der Waals surface area (Å²) in [6.07, 6.45) is 5.23. The van der Waals surface area contributed by atoms with Crippen LogP contribution in [0.25, 0.3) is 0 Å². The highest BCUT2D eigenvalue weighted by Gasteiger charge is 2.29. The van der Waals surface area contributed by atoms with Gasteiger partial charge in [0, 0.05) is 13.1 Å². The van der Waals surface area contributed by atoms with Crippen molar-refractivity contribution in [2.75, 3.05) is 20.2 Å². The molecule has 1 saturated carbocycles. The minimum absolute atomic E-state index is 0.166. The van der Waals surface area contributed by atoms with Crippen LogP contribution in [0.5, 0.6) is 0 Å². The summed E-state index contributed by atoms with van der Waals surface area (Å²) in [5.74, 6) is -0.383. The number of hydrogen-bond donors (Lipinski definition) is 1. The van der Waals surface area contributed by atoms with Crippen LogP contribution in [0, 0.1) is 5.41 Å². The van der Waals surface area contributed by atoms with Gasteiger partial charge >= 0.3 is 5.97 Å². The molecule has 20 heavy (non-hydrogen) atoms. The number of carbonyl (C=O) groups is 1. The quantitative estimate of drug-likeness (QED) is 0.811. The predicted octanol–water partition coefficient (Wildman–Crippen LogP) is 3.11. The number of hydrogen-bond acceptors (Lipinski definition) is 3. The average molecular weight is 275 g/mol. The Kier molecular flexibility index (Phi) is 5.18. The van der Waals surface area contributed by atoms with Crippen LogP contribution in [0.4, 0.5) is 0 Å². The first-order chi connectivity index (χ1) is 9.64. The van der Waals surface area contributed by atoms with Crippen molar-refractivity contribution in [1.82, 2.24) is 5.32 Å². The summed E-state index contributed by atoms with van der Waals surface area (Å²) in [5, 5.41) is 3.48. The van der Waals surface area contributed by atoms with Gasteiger partial charge in [-0.3, -0.25) is 4.79 Å². The van der Waals surface area contributed by atoms with Gasteiger partial charge in [0.1, 0.15) is 0 Å². The van der Waals surface area contributed by atoms with Crippen molar-refractivity contribution in [3.8, 4) is 0 Å². The van der Waals surface area contributed by atoms with Crippen LogP contribution in [0.3, 0.4) is 0 Å². The lowest BCUT2D eigenvalue weighted by atomic mass is 9.88. The Morgan fingerprint density at radius 2 is 1.95 bits per heavy atom. The Morgan fingerprint density at radius 1 is 1.30 bits per heavy atom. The molecule has 0 spiro atoms. The number of rotatable bonds is 6. The van der Waals surface area contributed by atoms with Gasteiger partial charge < -0.3 is 10.1 Å². The van der Waals surface area contributed by atoms with Gasteiger partial charge in [0.05, 0.1) is 13.0 Å². The van der Waals surface area contributed by atoms with E-state index < -0.39 is 0 Å². The Bertz CT molecular complexity index is 424. The summed E-state index contributed by atoms with van der Waals surface area (Å²) in [5.41, 5.74) is 1.42. The Morgan fingerprint density at radius 3 is 2.55 bits per heavy atom. The maximum absolute atomic E-state index is 12.0. The van der Waals surface area contributed by atoms with Crippen molar-refractivity contribution >= 4 is 5.97 Å². The highest BCUT2D eigenvalue weighted by atomic mass is 16.5. The smallest absolute Gasteiger partial charge is 0.314 e. The molecule has 1 aliphatic carbocycles. The van der Waals surface area contributed by atoms with Gasteiger partial charge in [0.15, 0.2) is 0 Å². The maximum atomic E-state index is 12.0. The molecule has 1 N–H and O–H groups in total. The molecule has 3 nitrogen and oxygen atoms in total. The zero-order valence-corrected chi connectivity index (χ0v) is 12.5. The lowest BCUT2D eigenvalue weighted by molar-refractivity contribution is -0.142. The van der Waals surface area contributed by atoms with E-state index >= 15 is 0 Å². The minimum atomic E-state index is -0.216. The summed E-state index contributed by atoms with van der Waals surface area (Å²) in [4.78, 5) is 12.0. The van der Waals surface area contributed by atoms with Crippen molar-refractivity contribution < 1.29 is 9.53 Å². The highest BCUT2D eigenvalue weighted by Crippen LogP contribution is 2.36. The van der Waals surface area contributed by atoms with Gasteiger partial charge in [-0.05, 0) is 23.8 Å². The molecule has 1 atom stereocenters. The monoisotopic (exact) mass is 275 g/mol. The van der Waals surface area contributed by atoms with Crippen LogP contribution < -0.4 is 5.32 Å². The number of benzene rings is 1. The van der Waals surface area contributed by atoms with Crippen LogP contribution in [0.1, 0.15) is 44.1 Å². The molecule has 3 heteroatoms. The van der Waals surface area contributed by atoms with Crippen molar-refractivity contribution in [1.29, 1.82) is 0 Å². The topological polar surface area (TPSA) is 38.3 Å². The fourth-order valence-corrected chi connectivity index (χ4v) is 3.09. The van der Waals surface area contributed by atoms with Gasteiger partial charge in [-0.15, -0.1) is 0 Å². The number of carbonyl (C=O) groups excluding carboxylic acids is 1.